The average molecular weight is 350 g/mol. The number of rotatable bonds is 4. The number of carbonyl (C=O) groups excluding carboxylic acids is 2. The summed E-state index contributed by atoms with van der Waals surface area (Å²) in [5.41, 5.74) is 1.92. The summed E-state index contributed by atoms with van der Waals surface area (Å²) in [5, 5.41) is 5.03. The van der Waals surface area contributed by atoms with Gasteiger partial charge in [0.15, 0.2) is 0 Å². The number of carbonyl (C=O) groups is 2. The molecule has 0 aliphatic heterocycles. The Bertz CT molecular complexity index is 784. The summed E-state index contributed by atoms with van der Waals surface area (Å²) >= 11 is 0. The highest BCUT2D eigenvalue weighted by atomic mass is 19.4. The molecule has 2 rings (SSSR count). The number of hydrogen-bond acceptors (Lipinski definition) is 2. The van der Waals surface area contributed by atoms with Crippen molar-refractivity contribution in [1.29, 1.82) is 0 Å². The van der Waals surface area contributed by atoms with E-state index in [4.69, 9.17) is 0 Å². The molecule has 0 bridgehead atoms. The van der Waals surface area contributed by atoms with E-state index in [9.17, 15) is 22.8 Å². The molecule has 0 aromatic heterocycles. The molecule has 2 amide bonds. The molecule has 0 radical (unpaired) electrons. The maximum atomic E-state index is 12.5. The number of nitrogens with one attached hydrogen (secondary N) is 2. The Morgan fingerprint density at radius 3 is 2.08 bits per heavy atom. The van der Waals surface area contributed by atoms with Gasteiger partial charge in [-0.25, -0.2) is 0 Å². The van der Waals surface area contributed by atoms with Crippen LogP contribution in [0.2, 0.25) is 0 Å². The number of amides is 2. The van der Waals surface area contributed by atoms with Gasteiger partial charge in [0.2, 0.25) is 11.8 Å². The van der Waals surface area contributed by atoms with Gasteiger partial charge in [-0.2, -0.15) is 13.2 Å². The molecule has 2 N–H and O–H groups in total. The second-order valence-corrected chi connectivity index (χ2v) is 5.67. The predicted molar refractivity (Wildman–Crippen MR) is 89.2 cm³/mol. The van der Waals surface area contributed by atoms with Gasteiger partial charge in [0.05, 0.1) is 5.56 Å². The van der Waals surface area contributed by atoms with Crippen molar-refractivity contribution in [2.24, 2.45) is 0 Å². The lowest BCUT2D eigenvalue weighted by molar-refractivity contribution is -0.137. The van der Waals surface area contributed by atoms with Gasteiger partial charge in [-0.3, -0.25) is 9.59 Å². The number of hydrogen-bond donors (Lipinski definition) is 2. The molecule has 0 saturated carbocycles. The Kier molecular flexibility index (Phi) is 5.46. The third-order valence-electron chi connectivity index (χ3n) is 3.47. The third-order valence-corrected chi connectivity index (χ3v) is 3.47. The molecular formula is C18H17F3N2O2. The highest BCUT2D eigenvalue weighted by Crippen LogP contribution is 2.29. The van der Waals surface area contributed by atoms with E-state index < -0.39 is 30.0 Å². The van der Waals surface area contributed by atoms with Crippen LogP contribution in [-0.4, -0.2) is 11.8 Å². The minimum atomic E-state index is -4.44. The summed E-state index contributed by atoms with van der Waals surface area (Å²) in [7, 11) is 0. The predicted octanol–water partition coefficient (Wildman–Crippen LogP) is 4.29. The first-order valence-electron chi connectivity index (χ1n) is 7.49. The normalized spacial score (nSPS) is 11.1. The lowest BCUT2D eigenvalue weighted by atomic mass is 10.1. The van der Waals surface area contributed by atoms with Crippen LogP contribution in [0.15, 0.2) is 42.5 Å². The van der Waals surface area contributed by atoms with Gasteiger partial charge in [0, 0.05) is 11.4 Å². The summed E-state index contributed by atoms with van der Waals surface area (Å²) in [6.07, 6.45) is -4.87. The summed E-state index contributed by atoms with van der Waals surface area (Å²) in [4.78, 5) is 23.8. The fourth-order valence-corrected chi connectivity index (χ4v) is 2.24. The van der Waals surface area contributed by atoms with E-state index in [0.717, 1.165) is 35.4 Å². The Hall–Kier alpha value is -2.83. The van der Waals surface area contributed by atoms with Crippen molar-refractivity contribution >= 4 is 23.2 Å². The van der Waals surface area contributed by atoms with Gasteiger partial charge in [0.1, 0.15) is 6.42 Å². The lowest BCUT2D eigenvalue weighted by Gasteiger charge is -2.10. The first-order chi connectivity index (χ1) is 11.6. The fourth-order valence-electron chi connectivity index (χ4n) is 2.24. The van der Waals surface area contributed by atoms with Gasteiger partial charge in [0.25, 0.3) is 0 Å². The Morgan fingerprint density at radius 1 is 0.920 bits per heavy atom. The van der Waals surface area contributed by atoms with Crippen molar-refractivity contribution < 1.29 is 22.8 Å². The van der Waals surface area contributed by atoms with Crippen molar-refractivity contribution in [3.05, 3.63) is 59.2 Å². The first-order valence-corrected chi connectivity index (χ1v) is 7.49. The fraction of sp³-hybridized carbons (Fsp3) is 0.222. The monoisotopic (exact) mass is 350 g/mol. The minimum absolute atomic E-state index is 0.192. The second-order valence-electron chi connectivity index (χ2n) is 5.67. The van der Waals surface area contributed by atoms with Gasteiger partial charge in [-0.15, -0.1) is 0 Å². The highest BCUT2D eigenvalue weighted by molar-refractivity contribution is 6.08. The molecule has 0 aliphatic rings. The molecule has 2 aromatic carbocycles. The van der Waals surface area contributed by atoms with Crippen LogP contribution in [0.3, 0.4) is 0 Å². The van der Waals surface area contributed by atoms with Crippen molar-refractivity contribution in [1.82, 2.24) is 0 Å². The van der Waals surface area contributed by atoms with E-state index in [-0.39, 0.29) is 5.69 Å². The molecule has 0 aliphatic carbocycles. The van der Waals surface area contributed by atoms with Crippen LogP contribution in [-0.2, 0) is 15.8 Å². The molecule has 0 unspecified atom stereocenters. The van der Waals surface area contributed by atoms with E-state index in [0.29, 0.717) is 5.69 Å². The van der Waals surface area contributed by atoms with Crippen molar-refractivity contribution in [3.8, 4) is 0 Å². The van der Waals surface area contributed by atoms with E-state index in [1.165, 1.54) is 0 Å². The van der Waals surface area contributed by atoms with Crippen molar-refractivity contribution in [2.75, 3.05) is 10.6 Å². The van der Waals surface area contributed by atoms with Crippen LogP contribution in [0.25, 0.3) is 0 Å². The number of anilines is 2. The molecule has 2 aromatic rings. The van der Waals surface area contributed by atoms with Gasteiger partial charge >= 0.3 is 6.18 Å². The van der Waals surface area contributed by atoms with Gasteiger partial charge in [-0.1, -0.05) is 17.7 Å². The van der Waals surface area contributed by atoms with Gasteiger partial charge < -0.3 is 10.6 Å². The Labute approximate surface area is 143 Å². The van der Waals surface area contributed by atoms with E-state index in [1.807, 2.05) is 26.0 Å². The molecule has 0 saturated heterocycles. The minimum Gasteiger partial charge on any atom is -0.326 e. The zero-order chi connectivity index (χ0) is 18.6. The van der Waals surface area contributed by atoms with E-state index in [2.05, 4.69) is 10.6 Å². The summed E-state index contributed by atoms with van der Waals surface area (Å²) in [6, 6.07) is 9.50. The molecule has 0 atom stereocenters. The van der Waals surface area contributed by atoms with E-state index in [1.54, 1.807) is 6.07 Å². The number of halogens is 3. The zero-order valence-electron chi connectivity index (χ0n) is 13.7. The summed E-state index contributed by atoms with van der Waals surface area (Å²) in [5.74, 6) is -1.11. The number of aryl methyl sites for hydroxylation is 2. The van der Waals surface area contributed by atoms with Crippen LogP contribution in [0.5, 0.6) is 0 Å². The largest absolute Gasteiger partial charge is 0.416 e. The standard InChI is InChI=1S/C18H17F3N2O2/c1-11-3-8-15(12(2)9-11)23-17(25)10-16(24)22-14-6-4-13(5-7-14)18(19,20)21/h3-9H,10H2,1-2H3,(H,22,24)(H,23,25). The van der Waals surface area contributed by atoms with Crippen molar-refractivity contribution in [3.63, 3.8) is 0 Å². The maximum absolute atomic E-state index is 12.5. The topological polar surface area (TPSA) is 58.2 Å². The molecular weight excluding hydrogens is 333 g/mol. The van der Waals surface area contributed by atoms with Crippen LogP contribution >= 0.6 is 0 Å². The molecule has 0 spiro atoms. The average Bonchev–Trinajstić information content (AvgIpc) is 2.49. The summed E-state index contributed by atoms with van der Waals surface area (Å²) in [6.45, 7) is 3.76. The smallest absolute Gasteiger partial charge is 0.326 e. The third kappa shape index (κ3) is 5.34. The number of alkyl halides is 3. The first kappa shape index (κ1) is 18.5. The molecule has 0 fully saturated rings. The zero-order valence-corrected chi connectivity index (χ0v) is 13.7. The molecule has 4 nitrogen and oxygen atoms in total. The SMILES string of the molecule is Cc1ccc(NC(=O)CC(=O)Nc2ccc(C(F)(F)F)cc2)c(C)c1. The summed E-state index contributed by atoms with van der Waals surface area (Å²) < 4.78 is 37.4. The van der Waals surface area contributed by atoms with Crippen LogP contribution in [0.4, 0.5) is 24.5 Å². The van der Waals surface area contributed by atoms with Gasteiger partial charge in [-0.05, 0) is 49.7 Å². The number of benzene rings is 2. The van der Waals surface area contributed by atoms with E-state index >= 15 is 0 Å². The molecule has 7 heteroatoms. The Morgan fingerprint density at radius 2 is 1.52 bits per heavy atom. The van der Waals surface area contributed by atoms with Crippen LogP contribution in [0.1, 0.15) is 23.1 Å². The highest BCUT2D eigenvalue weighted by Gasteiger charge is 2.30. The Balaban J connectivity index is 1.92. The second kappa shape index (κ2) is 7.38. The molecule has 132 valence electrons. The van der Waals surface area contributed by atoms with Crippen LogP contribution < -0.4 is 10.6 Å². The lowest BCUT2D eigenvalue weighted by Crippen LogP contribution is -2.21. The van der Waals surface area contributed by atoms with Crippen LogP contribution in [0, 0.1) is 13.8 Å². The molecule has 25 heavy (non-hydrogen) atoms. The maximum Gasteiger partial charge on any atom is 0.416 e. The molecule has 0 heterocycles. The quantitative estimate of drug-likeness (QED) is 0.808. The van der Waals surface area contributed by atoms with Crippen molar-refractivity contribution in [2.45, 2.75) is 26.4 Å².